The Kier molecular flexibility index (Phi) is 2.23. The molecule has 86 valence electrons. The van der Waals surface area contributed by atoms with Crippen molar-refractivity contribution in [1.82, 2.24) is 4.57 Å². The van der Waals surface area contributed by atoms with Crippen molar-refractivity contribution in [2.75, 3.05) is 5.73 Å². The Morgan fingerprint density at radius 1 is 1.12 bits per heavy atom. The Morgan fingerprint density at radius 3 is 2.59 bits per heavy atom. The van der Waals surface area contributed by atoms with Crippen LogP contribution in [0, 0.1) is 6.92 Å². The summed E-state index contributed by atoms with van der Waals surface area (Å²) in [5.41, 5.74) is 9.69. The van der Waals surface area contributed by atoms with Crippen molar-refractivity contribution in [3.8, 4) is 10.4 Å². The number of thiophene rings is 1. The van der Waals surface area contributed by atoms with Crippen molar-refractivity contribution in [3.63, 3.8) is 0 Å². The molecule has 0 saturated carbocycles. The Morgan fingerprint density at radius 2 is 1.88 bits per heavy atom. The Balaban J connectivity index is 2.40. The van der Waals surface area contributed by atoms with E-state index in [1.54, 1.807) is 11.3 Å². The van der Waals surface area contributed by atoms with Crippen molar-refractivity contribution in [1.29, 1.82) is 0 Å². The summed E-state index contributed by atoms with van der Waals surface area (Å²) in [5, 5.41) is 2.17. The van der Waals surface area contributed by atoms with Gasteiger partial charge in [-0.05, 0) is 25.1 Å². The number of fused-ring (bicyclic) bond motifs is 1. The molecule has 17 heavy (non-hydrogen) atoms. The number of nitrogen functional groups attached to an aromatic ring is 1. The van der Waals surface area contributed by atoms with Crippen LogP contribution in [-0.4, -0.2) is 4.57 Å². The average Bonchev–Trinajstić information content (AvgIpc) is 2.84. The zero-order valence-electron chi connectivity index (χ0n) is 9.90. The minimum Gasteiger partial charge on any atom is -0.391 e. The molecule has 2 aromatic heterocycles. The molecular formula is C14H14N2S. The second-order valence-corrected chi connectivity index (χ2v) is 5.35. The van der Waals surface area contributed by atoms with Gasteiger partial charge >= 0.3 is 0 Å². The van der Waals surface area contributed by atoms with Gasteiger partial charge in [0, 0.05) is 34.1 Å². The van der Waals surface area contributed by atoms with E-state index >= 15 is 0 Å². The number of aryl methyl sites for hydroxylation is 1. The zero-order valence-corrected chi connectivity index (χ0v) is 10.7. The number of benzene rings is 1. The molecule has 0 aliphatic carbocycles. The number of rotatable bonds is 1. The van der Waals surface area contributed by atoms with Gasteiger partial charge in [0.25, 0.3) is 0 Å². The molecule has 0 radical (unpaired) electrons. The minimum atomic E-state index is 0.868. The SMILES string of the molecule is Cc1c(-c2ccc(N)s2)c2ccccc2n1C. The van der Waals surface area contributed by atoms with Crippen LogP contribution in [-0.2, 0) is 7.05 Å². The molecule has 3 heteroatoms. The molecule has 2 N–H and O–H groups in total. The normalized spacial score (nSPS) is 11.2. The molecular weight excluding hydrogens is 228 g/mol. The van der Waals surface area contributed by atoms with E-state index in [1.807, 2.05) is 6.07 Å². The van der Waals surface area contributed by atoms with Crippen LogP contribution >= 0.6 is 11.3 Å². The third-order valence-corrected chi connectivity index (χ3v) is 4.20. The third kappa shape index (κ3) is 1.46. The van der Waals surface area contributed by atoms with Gasteiger partial charge in [-0.2, -0.15) is 0 Å². The Labute approximate surface area is 104 Å². The second kappa shape index (κ2) is 3.64. The highest BCUT2D eigenvalue weighted by atomic mass is 32.1. The van der Waals surface area contributed by atoms with Crippen molar-refractivity contribution in [2.24, 2.45) is 7.05 Å². The van der Waals surface area contributed by atoms with E-state index in [1.165, 1.54) is 27.0 Å². The average molecular weight is 242 g/mol. The van der Waals surface area contributed by atoms with Gasteiger partial charge in [0.1, 0.15) is 0 Å². The maximum Gasteiger partial charge on any atom is 0.0862 e. The van der Waals surface area contributed by atoms with Crippen LogP contribution in [0.3, 0.4) is 0 Å². The first kappa shape index (κ1) is 10.4. The van der Waals surface area contributed by atoms with Crippen LogP contribution in [0.4, 0.5) is 5.00 Å². The molecule has 0 saturated heterocycles. The number of nitrogens with two attached hydrogens (primary N) is 1. The predicted octanol–water partition coefficient (Wildman–Crippen LogP) is 3.80. The molecule has 3 rings (SSSR count). The zero-order chi connectivity index (χ0) is 12.0. The van der Waals surface area contributed by atoms with E-state index in [4.69, 9.17) is 5.73 Å². The van der Waals surface area contributed by atoms with Crippen LogP contribution in [0.15, 0.2) is 36.4 Å². The first-order valence-electron chi connectivity index (χ1n) is 5.58. The van der Waals surface area contributed by atoms with Crippen molar-refractivity contribution >= 4 is 27.2 Å². The van der Waals surface area contributed by atoms with Crippen LogP contribution in [0.25, 0.3) is 21.3 Å². The second-order valence-electron chi connectivity index (χ2n) is 4.24. The molecule has 0 amide bonds. The van der Waals surface area contributed by atoms with E-state index in [0.717, 1.165) is 5.00 Å². The molecule has 2 nitrogen and oxygen atoms in total. The molecule has 3 aromatic rings. The van der Waals surface area contributed by atoms with E-state index in [-0.39, 0.29) is 0 Å². The van der Waals surface area contributed by atoms with Crippen LogP contribution < -0.4 is 5.73 Å². The van der Waals surface area contributed by atoms with Gasteiger partial charge in [-0.3, -0.25) is 0 Å². The van der Waals surface area contributed by atoms with Gasteiger partial charge in [0.2, 0.25) is 0 Å². The summed E-state index contributed by atoms with van der Waals surface area (Å²) < 4.78 is 2.24. The van der Waals surface area contributed by atoms with Crippen molar-refractivity contribution in [3.05, 3.63) is 42.1 Å². The summed E-state index contributed by atoms with van der Waals surface area (Å²) in [7, 11) is 2.11. The van der Waals surface area contributed by atoms with Gasteiger partial charge < -0.3 is 10.3 Å². The highest BCUT2D eigenvalue weighted by Crippen LogP contribution is 2.38. The van der Waals surface area contributed by atoms with Gasteiger partial charge in [0.05, 0.1) is 5.00 Å². The lowest BCUT2D eigenvalue weighted by Gasteiger charge is -1.99. The predicted molar refractivity (Wildman–Crippen MR) is 75.4 cm³/mol. The summed E-state index contributed by atoms with van der Waals surface area (Å²) in [5.74, 6) is 0. The summed E-state index contributed by atoms with van der Waals surface area (Å²) >= 11 is 1.65. The summed E-state index contributed by atoms with van der Waals surface area (Å²) in [4.78, 5) is 1.25. The number of para-hydroxylation sites is 1. The summed E-state index contributed by atoms with van der Waals surface area (Å²) in [6, 6.07) is 12.6. The van der Waals surface area contributed by atoms with E-state index in [2.05, 4.69) is 48.9 Å². The molecule has 0 spiro atoms. The fourth-order valence-electron chi connectivity index (χ4n) is 2.32. The maximum absolute atomic E-state index is 5.83. The fourth-order valence-corrected chi connectivity index (χ4v) is 3.20. The molecule has 0 aliphatic heterocycles. The first-order valence-corrected chi connectivity index (χ1v) is 6.40. The molecule has 0 aliphatic rings. The minimum absolute atomic E-state index is 0.868. The van der Waals surface area contributed by atoms with Crippen molar-refractivity contribution < 1.29 is 0 Å². The molecule has 0 bridgehead atoms. The van der Waals surface area contributed by atoms with Crippen LogP contribution in [0.2, 0.25) is 0 Å². The smallest absolute Gasteiger partial charge is 0.0862 e. The van der Waals surface area contributed by atoms with E-state index in [9.17, 15) is 0 Å². The molecule has 0 unspecified atom stereocenters. The largest absolute Gasteiger partial charge is 0.391 e. The fraction of sp³-hybridized carbons (Fsp3) is 0.143. The summed E-state index contributed by atoms with van der Waals surface area (Å²) in [6.07, 6.45) is 0. The Bertz CT molecular complexity index is 691. The molecule has 2 heterocycles. The number of hydrogen-bond acceptors (Lipinski definition) is 2. The van der Waals surface area contributed by atoms with Gasteiger partial charge in [-0.15, -0.1) is 11.3 Å². The third-order valence-electron chi connectivity index (χ3n) is 3.27. The molecule has 0 fully saturated rings. The summed E-state index contributed by atoms with van der Waals surface area (Å²) in [6.45, 7) is 2.16. The maximum atomic E-state index is 5.83. The van der Waals surface area contributed by atoms with Crippen LogP contribution in [0.5, 0.6) is 0 Å². The topological polar surface area (TPSA) is 30.9 Å². The monoisotopic (exact) mass is 242 g/mol. The highest BCUT2D eigenvalue weighted by molar-refractivity contribution is 7.19. The van der Waals surface area contributed by atoms with E-state index in [0.29, 0.717) is 0 Å². The number of anilines is 1. The number of hydrogen-bond donors (Lipinski definition) is 1. The lowest BCUT2D eigenvalue weighted by atomic mass is 10.1. The molecule has 0 atom stereocenters. The first-order chi connectivity index (χ1) is 8.18. The van der Waals surface area contributed by atoms with E-state index < -0.39 is 0 Å². The van der Waals surface area contributed by atoms with Crippen molar-refractivity contribution in [2.45, 2.75) is 6.92 Å². The van der Waals surface area contributed by atoms with Gasteiger partial charge in [-0.1, -0.05) is 18.2 Å². The highest BCUT2D eigenvalue weighted by Gasteiger charge is 2.14. The van der Waals surface area contributed by atoms with Gasteiger partial charge in [0.15, 0.2) is 0 Å². The standard InChI is InChI=1S/C14H14N2S/c1-9-14(12-7-8-13(15)17-12)10-5-3-4-6-11(10)16(9)2/h3-8H,15H2,1-2H3. The lowest BCUT2D eigenvalue weighted by Crippen LogP contribution is -1.89. The van der Waals surface area contributed by atoms with Gasteiger partial charge in [-0.25, -0.2) is 0 Å². The number of nitrogens with zero attached hydrogens (tertiary/aromatic N) is 1. The number of aromatic nitrogens is 1. The molecule has 1 aromatic carbocycles. The quantitative estimate of drug-likeness (QED) is 0.691. The lowest BCUT2D eigenvalue weighted by molar-refractivity contribution is 0.920. The Hall–Kier alpha value is -1.74. The van der Waals surface area contributed by atoms with Crippen LogP contribution in [0.1, 0.15) is 5.69 Å².